The Morgan fingerprint density at radius 2 is 1.93 bits per heavy atom. The molecule has 4 N–H and O–H groups in total. The fourth-order valence-electron chi connectivity index (χ4n) is 4.12. The lowest BCUT2D eigenvalue weighted by Crippen LogP contribution is -2.41. The van der Waals surface area contributed by atoms with E-state index < -0.39 is 51.1 Å². The Hall–Kier alpha value is -3.57. The van der Waals surface area contributed by atoms with Gasteiger partial charge in [0, 0.05) is 6.92 Å². The van der Waals surface area contributed by atoms with Crippen molar-refractivity contribution in [1.82, 2.24) is 14.6 Å². The summed E-state index contributed by atoms with van der Waals surface area (Å²) in [6.07, 6.45) is -3.61. The summed E-state index contributed by atoms with van der Waals surface area (Å²) in [5.41, 5.74) is 5.07. The van der Waals surface area contributed by atoms with Crippen LogP contribution in [0.15, 0.2) is 42.7 Å². The van der Waals surface area contributed by atoms with Crippen molar-refractivity contribution in [2.24, 2.45) is 0 Å². The van der Waals surface area contributed by atoms with E-state index in [-0.39, 0.29) is 22.7 Å². The first kappa shape index (κ1) is 29.4. The summed E-state index contributed by atoms with van der Waals surface area (Å²) in [5.74, 6) is -0.433. The van der Waals surface area contributed by atoms with Crippen molar-refractivity contribution in [3.63, 3.8) is 0 Å². The van der Waals surface area contributed by atoms with Crippen LogP contribution in [0.4, 0.5) is 5.82 Å². The predicted octanol–water partition coefficient (Wildman–Crippen LogP) is 2.19. The molecule has 214 valence electrons. The van der Waals surface area contributed by atoms with Crippen molar-refractivity contribution in [1.29, 1.82) is 5.26 Å². The molecule has 0 amide bonds. The normalized spacial score (nSPS) is 24.4. The van der Waals surface area contributed by atoms with Crippen molar-refractivity contribution in [2.75, 3.05) is 19.1 Å². The van der Waals surface area contributed by atoms with E-state index in [0.29, 0.717) is 5.52 Å². The first-order valence-corrected chi connectivity index (χ1v) is 13.6. The van der Waals surface area contributed by atoms with Crippen molar-refractivity contribution in [3.8, 4) is 11.8 Å². The lowest BCUT2D eigenvalue weighted by Gasteiger charge is -2.24. The molecule has 14 nitrogen and oxygen atoms in total. The van der Waals surface area contributed by atoms with Gasteiger partial charge >= 0.3 is 13.8 Å². The van der Waals surface area contributed by atoms with Crippen LogP contribution in [0.3, 0.4) is 0 Å². The third kappa shape index (κ3) is 5.80. The van der Waals surface area contributed by atoms with Gasteiger partial charge in [-0.25, -0.2) is 18.6 Å². The minimum absolute atomic E-state index is 0.0811. The van der Waals surface area contributed by atoms with Gasteiger partial charge in [-0.1, -0.05) is 32.9 Å². The van der Waals surface area contributed by atoms with Crippen LogP contribution in [-0.4, -0.2) is 62.5 Å². The Labute approximate surface area is 229 Å². The summed E-state index contributed by atoms with van der Waals surface area (Å²) >= 11 is 0. The number of nitrogen functional groups attached to an aromatic ring is 1. The van der Waals surface area contributed by atoms with E-state index >= 15 is 0 Å². The lowest BCUT2D eigenvalue weighted by molar-refractivity contribution is -0.148. The topological polar surface area (TPSA) is 201 Å². The number of nitriles is 1. The van der Waals surface area contributed by atoms with Gasteiger partial charge in [-0.05, 0) is 35.2 Å². The number of anilines is 1. The summed E-state index contributed by atoms with van der Waals surface area (Å²) in [7, 11) is -4.48. The molecule has 40 heavy (non-hydrogen) atoms. The van der Waals surface area contributed by atoms with Crippen LogP contribution >= 0.6 is 7.82 Å². The van der Waals surface area contributed by atoms with Crippen LogP contribution in [0.25, 0.3) is 5.52 Å². The molecule has 1 aliphatic rings. The zero-order valence-electron chi connectivity index (χ0n) is 22.3. The minimum Gasteiger partial charge on any atom is -0.438 e. The van der Waals surface area contributed by atoms with Gasteiger partial charge in [-0.3, -0.25) is 9.32 Å². The van der Waals surface area contributed by atoms with Gasteiger partial charge in [-0.15, -0.1) is 0 Å². The average molecular weight is 576 g/mol. The van der Waals surface area contributed by atoms with Crippen molar-refractivity contribution in [3.05, 3.63) is 54.0 Å². The summed E-state index contributed by atoms with van der Waals surface area (Å²) < 4.78 is 41.4. The highest BCUT2D eigenvalue weighted by Gasteiger charge is 2.58. The standard InChI is InChI=1S/C25H30N5O9P/c1-15(31)35-14-37-40(34,39-17-7-5-16(6-8-17)24(2,3)4)36-11-19-21(32)22(33)25(12-26,38-19)20-10-9-18-23(27)28-13-29-30(18)20/h5-10,13,19,21-22,32-33H,11,14H2,1-4H3,(H2,27,28,29)/t19-,21-,22-,25+,40-/m1/s1. The molecule has 0 unspecified atom stereocenters. The Morgan fingerprint density at radius 3 is 2.55 bits per heavy atom. The van der Waals surface area contributed by atoms with E-state index in [1.807, 2.05) is 26.8 Å². The van der Waals surface area contributed by atoms with E-state index in [9.17, 15) is 24.8 Å². The number of aliphatic hydroxyl groups excluding tert-OH is 2. The number of rotatable bonds is 9. The number of hydrogen-bond donors (Lipinski definition) is 3. The van der Waals surface area contributed by atoms with Crippen molar-refractivity contribution >= 4 is 25.1 Å². The molecular weight excluding hydrogens is 545 g/mol. The van der Waals surface area contributed by atoms with Gasteiger partial charge in [0.15, 0.2) is 5.82 Å². The molecule has 0 aliphatic carbocycles. The maximum absolute atomic E-state index is 13.5. The Balaban J connectivity index is 1.55. The zero-order valence-corrected chi connectivity index (χ0v) is 23.1. The SMILES string of the molecule is CC(=O)OCO[P@@](=O)(OC[C@H]1O[C@@](C#N)(c2ccc3c(N)ncnn23)[C@H](O)[C@@H]1O)Oc1ccc(C(C)(C)C)cc1. The highest BCUT2D eigenvalue weighted by Crippen LogP contribution is 2.51. The van der Waals surface area contributed by atoms with Gasteiger partial charge in [-0.2, -0.15) is 10.4 Å². The molecule has 0 spiro atoms. The molecule has 0 bridgehead atoms. The van der Waals surface area contributed by atoms with E-state index in [2.05, 4.69) is 10.1 Å². The second-order valence-electron chi connectivity index (χ2n) is 10.1. The number of phosphoric acid groups is 1. The number of ether oxygens (including phenoxy) is 2. The van der Waals surface area contributed by atoms with Crippen LogP contribution in [-0.2, 0) is 38.9 Å². The monoisotopic (exact) mass is 575 g/mol. The van der Waals surface area contributed by atoms with Crippen molar-refractivity contribution < 1.29 is 42.6 Å². The number of hydrogen-bond acceptors (Lipinski definition) is 13. The number of carbonyl (C=O) groups is 1. The largest absolute Gasteiger partial charge is 0.533 e. The summed E-state index contributed by atoms with van der Waals surface area (Å²) in [6, 6.07) is 11.6. The molecule has 5 atom stereocenters. The predicted molar refractivity (Wildman–Crippen MR) is 139 cm³/mol. The summed E-state index contributed by atoms with van der Waals surface area (Å²) in [6.45, 7) is 5.83. The van der Waals surface area contributed by atoms with E-state index in [1.54, 1.807) is 24.3 Å². The molecule has 1 fully saturated rings. The van der Waals surface area contributed by atoms with Gasteiger partial charge < -0.3 is 29.9 Å². The van der Waals surface area contributed by atoms with E-state index in [1.165, 1.54) is 16.6 Å². The van der Waals surface area contributed by atoms with Gasteiger partial charge in [0.1, 0.15) is 42.0 Å². The van der Waals surface area contributed by atoms with Crippen molar-refractivity contribution in [2.45, 2.75) is 57.0 Å². The maximum atomic E-state index is 13.5. The molecule has 15 heteroatoms. The third-order valence-corrected chi connectivity index (χ3v) is 7.62. The number of esters is 1. The first-order valence-electron chi connectivity index (χ1n) is 12.2. The Kier molecular flexibility index (Phi) is 8.18. The molecule has 1 aromatic carbocycles. The molecule has 0 radical (unpaired) electrons. The number of nitrogens with two attached hydrogens (primary N) is 1. The maximum Gasteiger partial charge on any atom is 0.533 e. The Bertz CT molecular complexity index is 1470. The zero-order chi connectivity index (χ0) is 29.3. The molecular formula is C25H30N5O9P. The van der Waals surface area contributed by atoms with Gasteiger partial charge in [0.25, 0.3) is 0 Å². The van der Waals surface area contributed by atoms with Crippen LogP contribution in [0.1, 0.15) is 39.0 Å². The fraction of sp³-hybridized carbons (Fsp3) is 0.440. The number of phosphoric ester groups is 1. The molecule has 4 rings (SSSR count). The number of carbonyl (C=O) groups excluding carboxylic acids is 1. The highest BCUT2D eigenvalue weighted by molar-refractivity contribution is 7.48. The molecule has 1 saturated heterocycles. The van der Waals surface area contributed by atoms with Crippen LogP contribution < -0.4 is 10.3 Å². The van der Waals surface area contributed by atoms with Crippen LogP contribution in [0, 0.1) is 11.3 Å². The smallest absolute Gasteiger partial charge is 0.438 e. The number of benzene rings is 1. The first-order chi connectivity index (χ1) is 18.8. The number of nitrogens with zero attached hydrogens (tertiary/aromatic N) is 4. The van der Waals surface area contributed by atoms with Crippen LogP contribution in [0.2, 0.25) is 0 Å². The fourth-order valence-corrected chi connectivity index (χ4v) is 5.19. The summed E-state index contributed by atoms with van der Waals surface area (Å²) in [4.78, 5) is 15.1. The van der Waals surface area contributed by atoms with E-state index in [0.717, 1.165) is 18.8 Å². The third-order valence-electron chi connectivity index (χ3n) is 6.29. The van der Waals surface area contributed by atoms with Crippen LogP contribution in [0.5, 0.6) is 5.75 Å². The second kappa shape index (κ2) is 11.1. The Morgan fingerprint density at radius 1 is 1.23 bits per heavy atom. The molecule has 3 aromatic rings. The number of aliphatic hydroxyl groups is 2. The van der Waals surface area contributed by atoms with Gasteiger partial charge in [0.2, 0.25) is 12.4 Å². The average Bonchev–Trinajstić information content (AvgIpc) is 3.43. The van der Waals surface area contributed by atoms with E-state index in [4.69, 9.17) is 28.8 Å². The lowest BCUT2D eigenvalue weighted by atomic mass is 9.87. The summed E-state index contributed by atoms with van der Waals surface area (Å²) in [5, 5.41) is 35.8. The molecule has 1 aliphatic heterocycles. The highest BCUT2D eigenvalue weighted by atomic mass is 31.2. The quantitative estimate of drug-likeness (QED) is 0.191. The van der Waals surface area contributed by atoms with Gasteiger partial charge in [0.05, 0.1) is 12.3 Å². The molecule has 2 aromatic heterocycles. The molecule has 0 saturated carbocycles. The second-order valence-corrected chi connectivity index (χ2v) is 11.7. The minimum atomic E-state index is -4.48. The number of fused-ring (bicyclic) bond motifs is 1. The number of aromatic nitrogens is 3. The molecule has 3 heterocycles.